The Morgan fingerprint density at radius 1 is 1.32 bits per heavy atom. The first-order valence-electron chi connectivity index (χ1n) is 10.1. The van der Waals surface area contributed by atoms with Gasteiger partial charge < -0.3 is 15.4 Å². The molecule has 0 bridgehead atoms. The van der Waals surface area contributed by atoms with Gasteiger partial charge in [-0.05, 0) is 53.4 Å². The van der Waals surface area contributed by atoms with Gasteiger partial charge in [-0.3, -0.25) is 19.1 Å². The number of carbonyl (C=O) groups is 1. The summed E-state index contributed by atoms with van der Waals surface area (Å²) in [6.07, 6.45) is 0.508. The van der Waals surface area contributed by atoms with E-state index in [1.165, 1.54) is 34.6 Å². The number of nitrogen functional groups attached to an aromatic ring is 1. The Morgan fingerprint density at radius 2 is 2.00 bits per heavy atom. The van der Waals surface area contributed by atoms with Crippen LogP contribution in [0.15, 0.2) is 32.3 Å². The maximum absolute atomic E-state index is 13.3. The van der Waals surface area contributed by atoms with E-state index in [0.29, 0.717) is 17.4 Å². The van der Waals surface area contributed by atoms with Crippen LogP contribution in [0.3, 0.4) is 0 Å². The van der Waals surface area contributed by atoms with Crippen LogP contribution in [0, 0.1) is 11.7 Å². The fourth-order valence-electron chi connectivity index (χ4n) is 3.06. The van der Waals surface area contributed by atoms with Crippen LogP contribution < -0.4 is 26.6 Å². The van der Waals surface area contributed by atoms with Gasteiger partial charge in [0, 0.05) is 13.1 Å². The number of rotatable bonds is 9. The SMILES string of the molecule is CCCCn1c(N)c(N(CC(C)C)C(=O)C(C)Oc2ccc(F)cc2Br)c(=O)[nH]c1=O. The normalized spacial score (nSPS) is 12.1. The molecule has 1 atom stereocenters. The van der Waals surface area contributed by atoms with Crippen molar-refractivity contribution in [1.82, 2.24) is 9.55 Å². The van der Waals surface area contributed by atoms with Gasteiger partial charge in [0.1, 0.15) is 17.4 Å². The highest BCUT2D eigenvalue weighted by Crippen LogP contribution is 2.27. The van der Waals surface area contributed by atoms with Crippen LogP contribution in [0.5, 0.6) is 5.75 Å². The lowest BCUT2D eigenvalue weighted by Gasteiger charge is -2.28. The molecular weight excluding hydrogens is 471 g/mol. The number of ether oxygens (including phenoxy) is 1. The van der Waals surface area contributed by atoms with Crippen molar-refractivity contribution < 1.29 is 13.9 Å². The summed E-state index contributed by atoms with van der Waals surface area (Å²) < 4.78 is 20.7. The van der Waals surface area contributed by atoms with Crippen LogP contribution in [0.1, 0.15) is 40.5 Å². The van der Waals surface area contributed by atoms with Crippen LogP contribution in [0.2, 0.25) is 0 Å². The molecule has 1 heterocycles. The molecule has 0 aliphatic heterocycles. The Hall–Kier alpha value is -2.62. The molecule has 3 N–H and O–H groups in total. The summed E-state index contributed by atoms with van der Waals surface area (Å²) in [5.41, 5.74) is 4.76. The zero-order chi connectivity index (χ0) is 23.3. The largest absolute Gasteiger partial charge is 0.480 e. The number of hydrogen-bond acceptors (Lipinski definition) is 5. The second-order valence-corrected chi connectivity index (χ2v) is 8.53. The first-order chi connectivity index (χ1) is 14.6. The van der Waals surface area contributed by atoms with Gasteiger partial charge in [0.2, 0.25) is 0 Å². The number of H-pyrrole nitrogens is 1. The smallest absolute Gasteiger partial charge is 0.330 e. The van der Waals surface area contributed by atoms with Crippen LogP contribution >= 0.6 is 15.9 Å². The van der Waals surface area contributed by atoms with E-state index in [-0.39, 0.29) is 29.7 Å². The Labute approximate surface area is 188 Å². The highest BCUT2D eigenvalue weighted by atomic mass is 79.9. The topological polar surface area (TPSA) is 110 Å². The second kappa shape index (κ2) is 10.6. The molecule has 0 fully saturated rings. The number of halogens is 2. The Bertz CT molecular complexity index is 1050. The number of amides is 1. The summed E-state index contributed by atoms with van der Waals surface area (Å²) in [7, 11) is 0. The van der Waals surface area contributed by atoms with Crippen molar-refractivity contribution in [1.29, 1.82) is 0 Å². The van der Waals surface area contributed by atoms with E-state index in [1.54, 1.807) is 0 Å². The lowest BCUT2D eigenvalue weighted by molar-refractivity contribution is -0.124. The first kappa shape index (κ1) is 24.6. The van der Waals surface area contributed by atoms with Crippen LogP contribution in [-0.2, 0) is 11.3 Å². The maximum Gasteiger partial charge on any atom is 0.330 e. The number of nitrogens with zero attached hydrogens (tertiary/aromatic N) is 2. The number of aromatic amines is 1. The standard InChI is InChI=1S/C21H28BrFN4O4/c1-5-6-9-26-18(24)17(19(28)25-21(26)30)27(11-12(2)3)20(29)13(4)31-16-8-7-14(23)10-15(16)22/h7-8,10,12-13H,5-6,9,11,24H2,1-4H3,(H,25,28,30). The highest BCUT2D eigenvalue weighted by Gasteiger charge is 2.29. The minimum absolute atomic E-state index is 0.00327. The van der Waals surface area contributed by atoms with E-state index in [2.05, 4.69) is 20.9 Å². The third-order valence-electron chi connectivity index (χ3n) is 4.58. The van der Waals surface area contributed by atoms with Crippen LogP contribution in [0.25, 0.3) is 0 Å². The first-order valence-corrected chi connectivity index (χ1v) is 10.9. The fourth-order valence-corrected chi connectivity index (χ4v) is 3.51. The molecule has 0 spiro atoms. The molecule has 0 saturated heterocycles. The monoisotopic (exact) mass is 498 g/mol. The molecule has 0 radical (unpaired) electrons. The van der Waals surface area contributed by atoms with E-state index < -0.39 is 29.1 Å². The van der Waals surface area contributed by atoms with Crippen molar-refractivity contribution in [3.8, 4) is 5.75 Å². The lowest BCUT2D eigenvalue weighted by Crippen LogP contribution is -2.47. The number of hydrogen-bond donors (Lipinski definition) is 2. The highest BCUT2D eigenvalue weighted by molar-refractivity contribution is 9.10. The van der Waals surface area contributed by atoms with E-state index in [0.717, 1.165) is 6.42 Å². The second-order valence-electron chi connectivity index (χ2n) is 7.68. The van der Waals surface area contributed by atoms with Crippen LogP contribution in [-0.4, -0.2) is 28.1 Å². The van der Waals surface area contributed by atoms with Gasteiger partial charge in [-0.1, -0.05) is 27.2 Å². The van der Waals surface area contributed by atoms with E-state index in [4.69, 9.17) is 10.5 Å². The van der Waals surface area contributed by atoms with E-state index >= 15 is 0 Å². The zero-order valence-corrected chi connectivity index (χ0v) is 19.7. The third kappa shape index (κ3) is 5.96. The average molecular weight is 499 g/mol. The number of anilines is 2. The third-order valence-corrected chi connectivity index (χ3v) is 5.20. The maximum atomic E-state index is 13.3. The molecule has 0 saturated carbocycles. The summed E-state index contributed by atoms with van der Waals surface area (Å²) in [5.74, 6) is -0.743. The number of nitrogens with one attached hydrogen (secondary N) is 1. The quantitative estimate of drug-likeness (QED) is 0.551. The fraction of sp³-hybridized carbons (Fsp3) is 0.476. The number of aromatic nitrogens is 2. The van der Waals surface area contributed by atoms with Gasteiger partial charge in [0.15, 0.2) is 11.8 Å². The van der Waals surface area contributed by atoms with Gasteiger partial charge in [-0.2, -0.15) is 0 Å². The van der Waals surface area contributed by atoms with Gasteiger partial charge >= 0.3 is 5.69 Å². The minimum Gasteiger partial charge on any atom is -0.480 e. The summed E-state index contributed by atoms with van der Waals surface area (Å²) in [5, 5.41) is 0. The van der Waals surface area contributed by atoms with Crippen molar-refractivity contribution in [2.24, 2.45) is 5.92 Å². The van der Waals surface area contributed by atoms with Gasteiger partial charge in [0.05, 0.1) is 4.47 Å². The molecule has 2 aromatic rings. The molecule has 8 nitrogen and oxygen atoms in total. The molecule has 2 rings (SSSR count). The summed E-state index contributed by atoms with van der Waals surface area (Å²) in [6, 6.07) is 3.85. The van der Waals surface area contributed by atoms with Crippen molar-refractivity contribution >= 4 is 33.3 Å². The molecule has 1 unspecified atom stereocenters. The Morgan fingerprint density at radius 3 is 2.58 bits per heavy atom. The van der Waals surface area contributed by atoms with Gasteiger partial charge in [-0.25, -0.2) is 9.18 Å². The number of unbranched alkanes of at least 4 members (excludes halogenated alkanes) is 1. The number of carbonyl (C=O) groups excluding carboxylic acids is 1. The lowest BCUT2D eigenvalue weighted by atomic mass is 10.1. The number of benzene rings is 1. The molecule has 31 heavy (non-hydrogen) atoms. The Balaban J connectivity index is 2.46. The molecule has 0 aliphatic carbocycles. The van der Waals surface area contributed by atoms with Crippen molar-refractivity contribution in [2.45, 2.75) is 53.2 Å². The summed E-state index contributed by atoms with van der Waals surface area (Å²) in [6.45, 7) is 7.79. The van der Waals surface area contributed by atoms with Crippen LogP contribution in [0.4, 0.5) is 15.9 Å². The van der Waals surface area contributed by atoms with Gasteiger partial charge in [-0.15, -0.1) is 0 Å². The Kier molecular flexibility index (Phi) is 8.43. The van der Waals surface area contributed by atoms with E-state index in [9.17, 15) is 18.8 Å². The predicted octanol–water partition coefficient (Wildman–Crippen LogP) is 3.28. The zero-order valence-electron chi connectivity index (χ0n) is 18.1. The predicted molar refractivity (Wildman–Crippen MR) is 122 cm³/mol. The summed E-state index contributed by atoms with van der Waals surface area (Å²) >= 11 is 3.21. The molecule has 1 aromatic carbocycles. The molecule has 170 valence electrons. The van der Waals surface area contributed by atoms with E-state index in [1.807, 2.05) is 20.8 Å². The van der Waals surface area contributed by atoms with Crippen molar-refractivity contribution in [3.05, 3.63) is 49.3 Å². The molecule has 1 amide bonds. The number of nitrogens with two attached hydrogens (primary N) is 1. The molecule has 0 aliphatic rings. The van der Waals surface area contributed by atoms with Crippen molar-refractivity contribution in [2.75, 3.05) is 17.2 Å². The minimum atomic E-state index is -1.00. The summed E-state index contributed by atoms with van der Waals surface area (Å²) in [4.78, 5) is 41.7. The average Bonchev–Trinajstić information content (AvgIpc) is 2.68. The van der Waals surface area contributed by atoms with Gasteiger partial charge in [0.25, 0.3) is 11.5 Å². The molecular formula is C21H28BrFN4O4. The molecule has 1 aromatic heterocycles. The molecule has 10 heteroatoms. The van der Waals surface area contributed by atoms with Crippen molar-refractivity contribution in [3.63, 3.8) is 0 Å².